The second kappa shape index (κ2) is 11.5. The van der Waals surface area contributed by atoms with E-state index in [9.17, 15) is 4.79 Å². The zero-order valence-electron chi connectivity index (χ0n) is 22.0. The number of fused-ring (bicyclic) bond motifs is 1. The Hall–Kier alpha value is -4.20. The van der Waals surface area contributed by atoms with Crippen molar-refractivity contribution in [1.29, 1.82) is 0 Å². The third kappa shape index (κ3) is 5.71. The first kappa shape index (κ1) is 26.0. The number of nitrogens with zero attached hydrogens (tertiary/aromatic N) is 3. The number of benzene rings is 3. The van der Waals surface area contributed by atoms with Crippen molar-refractivity contribution in [3.8, 4) is 21.7 Å². The van der Waals surface area contributed by atoms with Crippen molar-refractivity contribution in [1.82, 2.24) is 15.3 Å². The van der Waals surface area contributed by atoms with E-state index in [0.29, 0.717) is 12.1 Å². The van der Waals surface area contributed by atoms with Gasteiger partial charge in [-0.05, 0) is 53.9 Å². The summed E-state index contributed by atoms with van der Waals surface area (Å²) in [5.74, 6) is 0.725. The zero-order valence-corrected chi connectivity index (χ0v) is 23.6. The van der Waals surface area contributed by atoms with Gasteiger partial charge in [0.25, 0.3) is 5.91 Å². The molecule has 0 spiro atoms. The van der Waals surface area contributed by atoms with Gasteiger partial charge in [0.1, 0.15) is 10.8 Å². The van der Waals surface area contributed by atoms with Crippen LogP contribution in [0.4, 0.5) is 11.5 Å². The topological polar surface area (TPSA) is 70.2 Å². The third-order valence-electron chi connectivity index (χ3n) is 7.02. The maximum atomic E-state index is 13.0. The highest BCUT2D eigenvalue weighted by molar-refractivity contribution is 7.13. The van der Waals surface area contributed by atoms with E-state index in [1.807, 2.05) is 78.3 Å². The number of anilines is 2. The number of pyridine rings is 1. The molecule has 1 aliphatic rings. The van der Waals surface area contributed by atoms with Gasteiger partial charge in [-0.15, -0.1) is 11.3 Å². The summed E-state index contributed by atoms with van der Waals surface area (Å²) in [6, 6.07) is 25.9. The minimum absolute atomic E-state index is 0.137. The van der Waals surface area contributed by atoms with Crippen LogP contribution in [0, 0.1) is 6.92 Å². The molecule has 2 aromatic heterocycles. The number of hydrogen-bond donors (Lipinski definition) is 2. The summed E-state index contributed by atoms with van der Waals surface area (Å²) in [7, 11) is 0. The number of aromatic nitrogens is 2. The van der Waals surface area contributed by atoms with Crippen molar-refractivity contribution in [2.24, 2.45) is 0 Å². The molecule has 5 aromatic rings. The number of hydrogen-bond acceptors (Lipinski definition) is 6. The Balaban J connectivity index is 1.18. The Labute approximate surface area is 242 Å². The van der Waals surface area contributed by atoms with E-state index >= 15 is 0 Å². The van der Waals surface area contributed by atoms with Gasteiger partial charge in [0.15, 0.2) is 0 Å². The molecular formula is C32H28ClN5OS. The number of rotatable bonds is 7. The third-order valence-corrected chi connectivity index (χ3v) is 8.19. The van der Waals surface area contributed by atoms with Gasteiger partial charge in [0.2, 0.25) is 0 Å². The van der Waals surface area contributed by atoms with Crippen molar-refractivity contribution in [2.75, 3.05) is 23.3 Å². The molecule has 0 atom stereocenters. The molecule has 6 nitrogen and oxygen atoms in total. The summed E-state index contributed by atoms with van der Waals surface area (Å²) in [6.07, 6.45) is 1.86. The van der Waals surface area contributed by atoms with Gasteiger partial charge in [-0.1, -0.05) is 60.1 Å². The molecule has 1 aliphatic heterocycles. The van der Waals surface area contributed by atoms with Crippen LogP contribution in [-0.2, 0) is 13.1 Å². The lowest BCUT2D eigenvalue weighted by Gasteiger charge is -2.32. The number of aryl methyl sites for hydroxylation is 1. The van der Waals surface area contributed by atoms with Crippen LogP contribution in [0.15, 0.2) is 90.4 Å². The minimum atomic E-state index is -0.137. The standard InChI is InChI=1S/C32H28ClN5OS/c1-21-10-11-27(33)15-26(21)19-38-13-12-34-30-29(38)16-25(17-35-30)23-8-5-9-24(14-23)31(39)36-18-28-20-40-32(37-28)22-6-3-2-4-7-22/h2-11,14-17,20H,12-13,18-19H2,1H3,(H,34,35)(H,36,39). The first-order valence-electron chi connectivity index (χ1n) is 13.2. The summed E-state index contributed by atoms with van der Waals surface area (Å²) in [6.45, 7) is 4.90. The van der Waals surface area contributed by atoms with E-state index in [0.717, 1.165) is 63.6 Å². The van der Waals surface area contributed by atoms with Crippen molar-refractivity contribution in [3.63, 3.8) is 0 Å². The number of carbonyl (C=O) groups excluding carboxylic acids is 1. The Kier molecular flexibility index (Phi) is 7.49. The lowest BCUT2D eigenvalue weighted by Crippen LogP contribution is -2.34. The van der Waals surface area contributed by atoms with Gasteiger partial charge >= 0.3 is 0 Å². The molecule has 0 fully saturated rings. The Bertz CT molecular complexity index is 1670. The molecule has 0 bridgehead atoms. The maximum absolute atomic E-state index is 13.0. The molecule has 0 unspecified atom stereocenters. The number of amides is 1. The molecule has 6 rings (SSSR count). The van der Waals surface area contributed by atoms with E-state index in [-0.39, 0.29) is 5.91 Å². The van der Waals surface area contributed by atoms with Crippen molar-refractivity contribution in [2.45, 2.75) is 20.0 Å². The van der Waals surface area contributed by atoms with Crippen molar-refractivity contribution >= 4 is 40.4 Å². The molecule has 40 heavy (non-hydrogen) atoms. The maximum Gasteiger partial charge on any atom is 0.251 e. The molecule has 8 heteroatoms. The average molecular weight is 566 g/mol. The zero-order chi connectivity index (χ0) is 27.5. The molecule has 200 valence electrons. The van der Waals surface area contributed by atoms with Crippen LogP contribution in [0.2, 0.25) is 5.02 Å². The van der Waals surface area contributed by atoms with E-state index in [1.165, 1.54) is 11.1 Å². The molecule has 2 N–H and O–H groups in total. The highest BCUT2D eigenvalue weighted by Crippen LogP contribution is 2.33. The van der Waals surface area contributed by atoms with E-state index < -0.39 is 0 Å². The molecular weight excluding hydrogens is 538 g/mol. The number of thiazole rings is 1. The van der Waals surface area contributed by atoms with Crippen LogP contribution < -0.4 is 15.5 Å². The van der Waals surface area contributed by atoms with Crippen LogP contribution in [-0.4, -0.2) is 29.0 Å². The van der Waals surface area contributed by atoms with Crippen LogP contribution in [0.5, 0.6) is 0 Å². The predicted molar refractivity (Wildman–Crippen MR) is 164 cm³/mol. The normalized spacial score (nSPS) is 12.5. The van der Waals surface area contributed by atoms with Crippen molar-refractivity contribution in [3.05, 3.63) is 118 Å². The first-order chi connectivity index (χ1) is 19.5. The minimum Gasteiger partial charge on any atom is -0.367 e. The summed E-state index contributed by atoms with van der Waals surface area (Å²) in [5, 5.41) is 10.1. The Morgan fingerprint density at radius 1 is 1.02 bits per heavy atom. The SMILES string of the molecule is Cc1ccc(Cl)cc1CN1CCNc2ncc(-c3cccc(C(=O)NCc4csc(-c5ccccc5)n4)c3)cc21. The first-order valence-corrected chi connectivity index (χ1v) is 14.4. The van der Waals surface area contributed by atoms with Gasteiger partial charge in [-0.25, -0.2) is 9.97 Å². The Morgan fingerprint density at radius 2 is 1.88 bits per heavy atom. The highest BCUT2D eigenvalue weighted by Gasteiger charge is 2.20. The summed E-state index contributed by atoms with van der Waals surface area (Å²) in [5.41, 5.74) is 7.85. The largest absolute Gasteiger partial charge is 0.367 e. The smallest absolute Gasteiger partial charge is 0.251 e. The van der Waals surface area contributed by atoms with E-state index in [1.54, 1.807) is 11.3 Å². The predicted octanol–water partition coefficient (Wildman–Crippen LogP) is 7.20. The fourth-order valence-electron chi connectivity index (χ4n) is 4.81. The van der Waals surface area contributed by atoms with E-state index in [4.69, 9.17) is 16.6 Å². The molecule has 0 saturated heterocycles. The van der Waals surface area contributed by atoms with Gasteiger partial charge in [-0.3, -0.25) is 4.79 Å². The number of carbonyl (C=O) groups is 1. The van der Waals surface area contributed by atoms with Gasteiger partial charge < -0.3 is 15.5 Å². The molecule has 0 radical (unpaired) electrons. The molecule has 1 amide bonds. The summed E-state index contributed by atoms with van der Waals surface area (Å²) in [4.78, 5) is 24.8. The van der Waals surface area contributed by atoms with Gasteiger partial charge in [0.05, 0.1) is 17.9 Å². The van der Waals surface area contributed by atoms with Crippen LogP contribution in [0.3, 0.4) is 0 Å². The molecule has 3 heterocycles. The second-order valence-electron chi connectivity index (χ2n) is 9.78. The monoisotopic (exact) mass is 565 g/mol. The van der Waals surface area contributed by atoms with Crippen LogP contribution >= 0.6 is 22.9 Å². The second-order valence-corrected chi connectivity index (χ2v) is 11.1. The molecule has 0 saturated carbocycles. The van der Waals surface area contributed by atoms with Crippen molar-refractivity contribution < 1.29 is 4.79 Å². The van der Waals surface area contributed by atoms with Crippen LogP contribution in [0.1, 0.15) is 27.2 Å². The van der Waals surface area contributed by atoms with Crippen LogP contribution in [0.25, 0.3) is 21.7 Å². The summed E-state index contributed by atoms with van der Waals surface area (Å²) >= 11 is 7.86. The fraction of sp³-hybridized carbons (Fsp3) is 0.156. The highest BCUT2D eigenvalue weighted by atomic mass is 35.5. The Morgan fingerprint density at radius 3 is 2.75 bits per heavy atom. The lowest BCUT2D eigenvalue weighted by molar-refractivity contribution is 0.0950. The number of halogens is 1. The van der Waals surface area contributed by atoms with Gasteiger partial charge in [0, 0.05) is 52.9 Å². The molecule has 3 aromatic carbocycles. The molecule has 0 aliphatic carbocycles. The fourth-order valence-corrected chi connectivity index (χ4v) is 5.83. The lowest BCUT2D eigenvalue weighted by atomic mass is 10.0. The quantitative estimate of drug-likeness (QED) is 0.218. The average Bonchev–Trinajstić information content (AvgIpc) is 3.47. The summed E-state index contributed by atoms with van der Waals surface area (Å²) < 4.78 is 0. The van der Waals surface area contributed by atoms with Gasteiger partial charge in [-0.2, -0.15) is 0 Å². The van der Waals surface area contributed by atoms with E-state index in [2.05, 4.69) is 39.6 Å². The number of nitrogens with one attached hydrogen (secondary N) is 2.